The van der Waals surface area contributed by atoms with Gasteiger partial charge >= 0.3 is 0 Å². The molecular formula is C21H12ClN3OS2. The minimum Gasteiger partial charge on any atom is -0.321 e. The summed E-state index contributed by atoms with van der Waals surface area (Å²) >= 11 is 9.11. The van der Waals surface area contributed by atoms with Crippen LogP contribution in [0.3, 0.4) is 0 Å². The first-order chi connectivity index (χ1) is 13.6. The molecule has 0 aliphatic carbocycles. The molecule has 1 aromatic heterocycles. The van der Waals surface area contributed by atoms with Gasteiger partial charge in [0.15, 0.2) is 4.34 Å². The van der Waals surface area contributed by atoms with Crippen LogP contribution in [0.4, 0.5) is 5.69 Å². The Balaban J connectivity index is 1.57. The summed E-state index contributed by atoms with van der Waals surface area (Å²) < 4.78 is 1.89. The molecule has 1 heterocycles. The van der Waals surface area contributed by atoms with E-state index in [0.29, 0.717) is 21.8 Å². The number of amides is 1. The molecular weight excluding hydrogens is 410 g/mol. The minimum absolute atomic E-state index is 0.228. The van der Waals surface area contributed by atoms with Crippen LogP contribution in [0.25, 0.3) is 10.2 Å². The molecule has 7 heteroatoms. The largest absolute Gasteiger partial charge is 0.321 e. The van der Waals surface area contributed by atoms with Gasteiger partial charge in [0, 0.05) is 15.5 Å². The summed E-state index contributed by atoms with van der Waals surface area (Å²) in [5.74, 6) is -0.228. The highest BCUT2D eigenvalue weighted by Crippen LogP contribution is 2.38. The van der Waals surface area contributed by atoms with Gasteiger partial charge in [-0.3, -0.25) is 4.79 Å². The third-order valence-electron chi connectivity index (χ3n) is 3.94. The molecule has 1 N–H and O–H groups in total. The highest BCUT2D eigenvalue weighted by molar-refractivity contribution is 8.01. The van der Waals surface area contributed by atoms with Crippen molar-refractivity contribution in [3.05, 3.63) is 82.9 Å². The number of benzene rings is 3. The standard InChI is InChI=1S/C21H12ClN3OS2/c22-15-9-10-17-19(11-15)28-21(25-17)27-18-4-2-1-3-16(18)24-20(26)14-7-5-13(12-23)6-8-14/h1-11H,(H,24,26). The quantitative estimate of drug-likeness (QED) is 0.424. The number of hydrogen-bond acceptors (Lipinski definition) is 5. The Hall–Kier alpha value is -2.85. The van der Waals surface area contributed by atoms with Gasteiger partial charge in [0.2, 0.25) is 0 Å². The van der Waals surface area contributed by atoms with Gasteiger partial charge in [-0.1, -0.05) is 35.5 Å². The van der Waals surface area contributed by atoms with E-state index in [1.165, 1.54) is 11.8 Å². The second kappa shape index (κ2) is 8.03. The van der Waals surface area contributed by atoms with Gasteiger partial charge in [-0.05, 0) is 54.6 Å². The molecule has 1 amide bonds. The Morgan fingerprint density at radius 3 is 2.68 bits per heavy atom. The molecule has 0 radical (unpaired) electrons. The first kappa shape index (κ1) is 18.5. The van der Waals surface area contributed by atoms with Crippen LogP contribution in [0.1, 0.15) is 15.9 Å². The predicted molar refractivity (Wildman–Crippen MR) is 114 cm³/mol. The van der Waals surface area contributed by atoms with E-state index in [2.05, 4.69) is 10.3 Å². The number of rotatable bonds is 4. The number of halogens is 1. The molecule has 136 valence electrons. The van der Waals surface area contributed by atoms with Crippen molar-refractivity contribution in [2.24, 2.45) is 0 Å². The Morgan fingerprint density at radius 2 is 1.89 bits per heavy atom. The summed E-state index contributed by atoms with van der Waals surface area (Å²) in [6.45, 7) is 0. The summed E-state index contributed by atoms with van der Waals surface area (Å²) in [6.07, 6.45) is 0. The van der Waals surface area contributed by atoms with Crippen molar-refractivity contribution in [2.75, 3.05) is 5.32 Å². The maximum Gasteiger partial charge on any atom is 0.255 e. The normalized spacial score (nSPS) is 10.6. The van der Waals surface area contributed by atoms with Crippen LogP contribution in [-0.2, 0) is 0 Å². The zero-order chi connectivity index (χ0) is 19.5. The molecule has 28 heavy (non-hydrogen) atoms. The summed E-state index contributed by atoms with van der Waals surface area (Å²) in [4.78, 5) is 18.1. The number of nitrogens with zero attached hydrogens (tertiary/aromatic N) is 2. The van der Waals surface area contributed by atoms with E-state index in [-0.39, 0.29) is 5.91 Å². The molecule has 4 rings (SSSR count). The number of nitrogens with one attached hydrogen (secondary N) is 1. The van der Waals surface area contributed by atoms with Crippen molar-refractivity contribution < 1.29 is 4.79 Å². The lowest BCUT2D eigenvalue weighted by Crippen LogP contribution is -2.12. The van der Waals surface area contributed by atoms with E-state index in [9.17, 15) is 4.79 Å². The number of fused-ring (bicyclic) bond motifs is 1. The zero-order valence-electron chi connectivity index (χ0n) is 14.3. The zero-order valence-corrected chi connectivity index (χ0v) is 16.7. The van der Waals surface area contributed by atoms with Crippen molar-refractivity contribution in [3.8, 4) is 6.07 Å². The maximum atomic E-state index is 12.6. The van der Waals surface area contributed by atoms with Gasteiger partial charge in [0.25, 0.3) is 5.91 Å². The second-order valence-electron chi connectivity index (χ2n) is 5.83. The molecule has 4 nitrogen and oxygen atoms in total. The summed E-state index contributed by atoms with van der Waals surface area (Å²) in [7, 11) is 0. The van der Waals surface area contributed by atoms with Gasteiger partial charge in [-0.25, -0.2) is 4.98 Å². The SMILES string of the molecule is N#Cc1ccc(C(=O)Nc2ccccc2Sc2nc3ccc(Cl)cc3s2)cc1. The number of thiazole rings is 1. The van der Waals surface area contributed by atoms with E-state index in [1.807, 2.05) is 48.5 Å². The number of carbonyl (C=O) groups is 1. The van der Waals surface area contributed by atoms with Gasteiger partial charge in [0.05, 0.1) is 27.5 Å². The number of carbonyl (C=O) groups excluding carboxylic acids is 1. The second-order valence-corrected chi connectivity index (χ2v) is 8.59. The van der Waals surface area contributed by atoms with Crippen LogP contribution in [-0.4, -0.2) is 10.9 Å². The highest BCUT2D eigenvalue weighted by Gasteiger charge is 2.12. The summed E-state index contributed by atoms with van der Waals surface area (Å²) in [5.41, 5.74) is 2.62. The highest BCUT2D eigenvalue weighted by atomic mass is 35.5. The lowest BCUT2D eigenvalue weighted by atomic mass is 10.1. The van der Waals surface area contributed by atoms with E-state index >= 15 is 0 Å². The van der Waals surface area contributed by atoms with Crippen LogP contribution in [0.2, 0.25) is 5.02 Å². The van der Waals surface area contributed by atoms with Crippen LogP contribution >= 0.6 is 34.7 Å². The molecule has 0 unspecified atom stereocenters. The number of aromatic nitrogens is 1. The monoisotopic (exact) mass is 421 g/mol. The fraction of sp³-hybridized carbons (Fsp3) is 0. The van der Waals surface area contributed by atoms with E-state index in [0.717, 1.165) is 19.5 Å². The summed E-state index contributed by atoms with van der Waals surface area (Å²) in [6, 6.07) is 21.8. The Labute approximate surface area is 174 Å². The molecule has 0 saturated heterocycles. The molecule has 0 atom stereocenters. The minimum atomic E-state index is -0.228. The van der Waals surface area contributed by atoms with Crippen LogP contribution in [0.15, 0.2) is 76.0 Å². The third-order valence-corrected chi connectivity index (χ3v) is 6.33. The van der Waals surface area contributed by atoms with Gasteiger partial charge in [0.1, 0.15) is 0 Å². The van der Waals surface area contributed by atoms with Crippen molar-refractivity contribution in [1.29, 1.82) is 5.26 Å². The molecule has 0 fully saturated rings. The summed E-state index contributed by atoms with van der Waals surface area (Å²) in [5, 5.41) is 12.5. The molecule has 0 aliphatic heterocycles. The van der Waals surface area contributed by atoms with Gasteiger partial charge in [-0.15, -0.1) is 11.3 Å². The molecule has 0 bridgehead atoms. The third kappa shape index (κ3) is 4.02. The molecule has 0 aliphatic rings. The van der Waals surface area contributed by atoms with Crippen LogP contribution in [0, 0.1) is 11.3 Å². The Kier molecular flexibility index (Phi) is 5.31. The van der Waals surface area contributed by atoms with E-state index < -0.39 is 0 Å². The van der Waals surface area contributed by atoms with Crippen molar-refractivity contribution in [1.82, 2.24) is 4.98 Å². The van der Waals surface area contributed by atoms with Crippen molar-refractivity contribution >= 4 is 56.5 Å². The van der Waals surface area contributed by atoms with Gasteiger partial charge in [-0.2, -0.15) is 5.26 Å². The number of anilines is 1. The van der Waals surface area contributed by atoms with Gasteiger partial charge < -0.3 is 5.32 Å². The average Bonchev–Trinajstić information content (AvgIpc) is 3.11. The number of hydrogen-bond donors (Lipinski definition) is 1. The lowest BCUT2D eigenvalue weighted by Gasteiger charge is -2.09. The number of para-hydroxylation sites is 1. The maximum absolute atomic E-state index is 12.6. The first-order valence-corrected chi connectivity index (χ1v) is 10.3. The predicted octanol–water partition coefficient (Wildman–Crippen LogP) is 6.22. The molecule has 0 spiro atoms. The molecule has 4 aromatic rings. The first-order valence-electron chi connectivity index (χ1n) is 8.27. The van der Waals surface area contributed by atoms with Crippen LogP contribution < -0.4 is 5.32 Å². The average molecular weight is 422 g/mol. The van der Waals surface area contributed by atoms with E-state index in [1.54, 1.807) is 35.6 Å². The van der Waals surface area contributed by atoms with Crippen molar-refractivity contribution in [2.45, 2.75) is 9.24 Å². The topological polar surface area (TPSA) is 65.8 Å². The Morgan fingerprint density at radius 1 is 1.11 bits per heavy atom. The molecule has 0 saturated carbocycles. The van der Waals surface area contributed by atoms with E-state index in [4.69, 9.17) is 16.9 Å². The molecule has 3 aromatic carbocycles. The smallest absolute Gasteiger partial charge is 0.255 e. The Bertz CT molecular complexity index is 1210. The number of nitriles is 1. The van der Waals surface area contributed by atoms with Crippen LogP contribution in [0.5, 0.6) is 0 Å². The lowest BCUT2D eigenvalue weighted by molar-refractivity contribution is 0.102. The van der Waals surface area contributed by atoms with Crippen molar-refractivity contribution in [3.63, 3.8) is 0 Å². The fourth-order valence-corrected chi connectivity index (χ4v) is 4.95. The fourth-order valence-electron chi connectivity index (χ4n) is 2.56.